The molecule has 0 heterocycles. The molecule has 1 nitrogen and oxygen atoms in total. The highest BCUT2D eigenvalue weighted by molar-refractivity contribution is 4.84. The van der Waals surface area contributed by atoms with Crippen molar-refractivity contribution >= 4 is 0 Å². The second kappa shape index (κ2) is 7.92. The molecule has 1 fully saturated rings. The van der Waals surface area contributed by atoms with Crippen LogP contribution in [0.2, 0.25) is 0 Å². The van der Waals surface area contributed by atoms with E-state index in [4.69, 9.17) is 0 Å². The van der Waals surface area contributed by atoms with Crippen molar-refractivity contribution in [2.24, 2.45) is 5.92 Å². The van der Waals surface area contributed by atoms with Gasteiger partial charge in [0, 0.05) is 5.92 Å². The van der Waals surface area contributed by atoms with Crippen LogP contribution in [0, 0.1) is 5.92 Å². The molecule has 0 radical (unpaired) electrons. The van der Waals surface area contributed by atoms with E-state index >= 15 is 0 Å². The van der Waals surface area contributed by atoms with E-state index in [0.717, 1.165) is 12.8 Å². The predicted octanol–water partition coefficient (Wildman–Crippen LogP) is 4.06. The zero-order chi connectivity index (χ0) is 10.9. The lowest BCUT2D eigenvalue weighted by Crippen LogP contribution is -2.18. The Balaban J connectivity index is 2.34. The van der Waals surface area contributed by atoms with Crippen molar-refractivity contribution in [1.29, 1.82) is 0 Å². The zero-order valence-corrected chi connectivity index (χ0v) is 9.96. The highest BCUT2D eigenvalue weighted by Crippen LogP contribution is 2.21. The van der Waals surface area contributed by atoms with Gasteiger partial charge in [-0.05, 0) is 12.8 Å². The van der Waals surface area contributed by atoms with Gasteiger partial charge in [-0.2, -0.15) is 0 Å². The largest absolute Gasteiger partial charge is 0.393 e. The Bertz CT molecular complexity index is 165. The fourth-order valence-electron chi connectivity index (χ4n) is 2.48. The van der Waals surface area contributed by atoms with Gasteiger partial charge in [0.05, 0.1) is 6.10 Å². The topological polar surface area (TPSA) is 20.2 Å². The van der Waals surface area contributed by atoms with E-state index in [2.05, 4.69) is 6.58 Å². The third-order valence-corrected chi connectivity index (χ3v) is 3.58. The van der Waals surface area contributed by atoms with Gasteiger partial charge >= 0.3 is 0 Å². The summed E-state index contributed by atoms with van der Waals surface area (Å²) in [5, 5.41) is 9.98. The zero-order valence-electron chi connectivity index (χ0n) is 9.96. The third-order valence-electron chi connectivity index (χ3n) is 3.58. The lowest BCUT2D eigenvalue weighted by molar-refractivity contribution is 0.111. The summed E-state index contributed by atoms with van der Waals surface area (Å²) in [6.45, 7) is 3.84. The van der Waals surface area contributed by atoms with E-state index in [-0.39, 0.29) is 6.10 Å². The van der Waals surface area contributed by atoms with Gasteiger partial charge in [0.2, 0.25) is 0 Å². The molecule has 0 bridgehead atoms. The quantitative estimate of drug-likeness (QED) is 0.647. The van der Waals surface area contributed by atoms with Crippen molar-refractivity contribution in [3.63, 3.8) is 0 Å². The van der Waals surface area contributed by atoms with Crippen molar-refractivity contribution in [1.82, 2.24) is 0 Å². The van der Waals surface area contributed by atoms with Gasteiger partial charge in [-0.1, -0.05) is 57.4 Å². The molecule has 0 spiro atoms. The van der Waals surface area contributed by atoms with Crippen molar-refractivity contribution in [3.05, 3.63) is 12.7 Å². The smallest absolute Gasteiger partial charge is 0.0602 e. The van der Waals surface area contributed by atoms with Crippen molar-refractivity contribution in [3.8, 4) is 0 Å². The Hall–Kier alpha value is -0.300. The van der Waals surface area contributed by atoms with Gasteiger partial charge in [-0.15, -0.1) is 6.58 Å². The molecule has 1 saturated carbocycles. The minimum Gasteiger partial charge on any atom is -0.393 e. The molecule has 0 amide bonds. The summed E-state index contributed by atoms with van der Waals surface area (Å²) >= 11 is 0. The van der Waals surface area contributed by atoms with Crippen LogP contribution >= 0.6 is 0 Å². The molecule has 1 heteroatoms. The normalized spacial score (nSPS) is 31.3. The molecule has 2 atom stereocenters. The van der Waals surface area contributed by atoms with Gasteiger partial charge < -0.3 is 5.11 Å². The SMILES string of the molecule is C=CC1CCCCCCCCCCC1O. The van der Waals surface area contributed by atoms with E-state index in [1.54, 1.807) is 0 Å². The standard InChI is InChI=1S/C14H26O/c1-2-13-11-9-7-5-3-4-6-8-10-12-14(13)15/h2,13-15H,1,3-12H2. The Labute approximate surface area is 94.6 Å². The molecule has 0 aromatic carbocycles. The molecule has 0 aromatic rings. The fraction of sp³-hybridized carbons (Fsp3) is 0.857. The summed E-state index contributed by atoms with van der Waals surface area (Å²) in [6, 6.07) is 0. The van der Waals surface area contributed by atoms with Gasteiger partial charge in [-0.25, -0.2) is 0 Å². The van der Waals surface area contributed by atoms with Crippen LogP contribution in [0.15, 0.2) is 12.7 Å². The first kappa shape index (κ1) is 12.8. The summed E-state index contributed by atoms with van der Waals surface area (Å²) in [6.07, 6.45) is 14.5. The van der Waals surface area contributed by atoms with Crippen LogP contribution in [0.5, 0.6) is 0 Å². The van der Waals surface area contributed by atoms with Crippen LogP contribution in [0.1, 0.15) is 64.2 Å². The molecule has 1 rings (SSSR count). The molecule has 1 aliphatic carbocycles. The number of aliphatic hydroxyl groups is 1. The predicted molar refractivity (Wildman–Crippen MR) is 65.9 cm³/mol. The number of hydrogen-bond donors (Lipinski definition) is 1. The van der Waals surface area contributed by atoms with Crippen LogP contribution in [0.4, 0.5) is 0 Å². The van der Waals surface area contributed by atoms with Crippen molar-refractivity contribution in [2.75, 3.05) is 0 Å². The van der Waals surface area contributed by atoms with Crippen LogP contribution in [0.3, 0.4) is 0 Å². The molecule has 1 aliphatic rings. The van der Waals surface area contributed by atoms with Crippen molar-refractivity contribution in [2.45, 2.75) is 70.3 Å². The van der Waals surface area contributed by atoms with Crippen LogP contribution < -0.4 is 0 Å². The Morgan fingerprint density at radius 3 is 1.80 bits per heavy atom. The van der Waals surface area contributed by atoms with Crippen LogP contribution in [-0.2, 0) is 0 Å². The third kappa shape index (κ3) is 5.36. The lowest BCUT2D eigenvalue weighted by atomic mass is 9.91. The van der Waals surface area contributed by atoms with E-state index in [1.165, 1.54) is 51.4 Å². The summed E-state index contributed by atoms with van der Waals surface area (Å²) in [5.41, 5.74) is 0. The Kier molecular flexibility index (Phi) is 6.74. The van der Waals surface area contributed by atoms with Gasteiger partial charge in [0.15, 0.2) is 0 Å². The summed E-state index contributed by atoms with van der Waals surface area (Å²) < 4.78 is 0. The van der Waals surface area contributed by atoms with E-state index in [9.17, 15) is 5.11 Å². The van der Waals surface area contributed by atoms with E-state index < -0.39 is 0 Å². The number of aliphatic hydroxyl groups excluding tert-OH is 1. The van der Waals surface area contributed by atoms with Crippen molar-refractivity contribution < 1.29 is 5.11 Å². The molecule has 1 N–H and O–H groups in total. The first-order valence-electron chi connectivity index (χ1n) is 6.65. The van der Waals surface area contributed by atoms with Gasteiger partial charge in [0.25, 0.3) is 0 Å². The lowest BCUT2D eigenvalue weighted by Gasteiger charge is -2.20. The molecule has 0 saturated heterocycles. The first-order valence-corrected chi connectivity index (χ1v) is 6.65. The molecule has 0 aliphatic heterocycles. The second-order valence-electron chi connectivity index (χ2n) is 4.87. The minimum atomic E-state index is -0.137. The monoisotopic (exact) mass is 210 g/mol. The van der Waals surface area contributed by atoms with Gasteiger partial charge in [0.1, 0.15) is 0 Å². The summed E-state index contributed by atoms with van der Waals surface area (Å²) in [4.78, 5) is 0. The van der Waals surface area contributed by atoms with E-state index in [1.807, 2.05) is 6.08 Å². The number of rotatable bonds is 1. The molecular formula is C14H26O. The highest BCUT2D eigenvalue weighted by atomic mass is 16.3. The molecule has 0 aromatic heterocycles. The average molecular weight is 210 g/mol. The average Bonchev–Trinajstić information content (AvgIpc) is 2.23. The second-order valence-corrected chi connectivity index (χ2v) is 4.87. The minimum absolute atomic E-state index is 0.137. The fourth-order valence-corrected chi connectivity index (χ4v) is 2.48. The maximum absolute atomic E-state index is 9.98. The molecule has 2 unspecified atom stereocenters. The first-order chi connectivity index (χ1) is 7.34. The van der Waals surface area contributed by atoms with E-state index in [0.29, 0.717) is 5.92 Å². The maximum atomic E-state index is 9.98. The van der Waals surface area contributed by atoms with Gasteiger partial charge in [-0.3, -0.25) is 0 Å². The Morgan fingerprint density at radius 2 is 1.27 bits per heavy atom. The molecule has 15 heavy (non-hydrogen) atoms. The van der Waals surface area contributed by atoms with Crippen LogP contribution in [0.25, 0.3) is 0 Å². The highest BCUT2D eigenvalue weighted by Gasteiger charge is 2.15. The maximum Gasteiger partial charge on any atom is 0.0602 e. The number of hydrogen-bond acceptors (Lipinski definition) is 1. The molecule has 88 valence electrons. The van der Waals surface area contributed by atoms with Crippen LogP contribution in [-0.4, -0.2) is 11.2 Å². The summed E-state index contributed by atoms with van der Waals surface area (Å²) in [7, 11) is 0. The summed E-state index contributed by atoms with van der Waals surface area (Å²) in [5.74, 6) is 0.337. The molecular weight excluding hydrogens is 184 g/mol. The Morgan fingerprint density at radius 1 is 0.800 bits per heavy atom.